The first-order valence-corrected chi connectivity index (χ1v) is 5.65. The van der Waals surface area contributed by atoms with Crippen LogP contribution in [0.15, 0.2) is 30.2 Å². The van der Waals surface area contributed by atoms with Crippen molar-refractivity contribution < 1.29 is 14.3 Å². The van der Waals surface area contributed by atoms with E-state index in [2.05, 4.69) is 11.9 Å². The number of carbonyl (C=O) groups is 2. The molecule has 1 rings (SSSR count). The number of hydrogen-bond donors (Lipinski definition) is 1. The maximum absolute atomic E-state index is 11.6. The Hall–Kier alpha value is -1.62. The van der Waals surface area contributed by atoms with Gasteiger partial charge >= 0.3 is 5.97 Å². The molecule has 0 saturated carbocycles. The third-order valence-corrected chi connectivity index (χ3v) is 2.66. The zero-order chi connectivity index (χ0) is 12.0. The van der Waals surface area contributed by atoms with Crippen molar-refractivity contribution in [1.82, 2.24) is 5.32 Å². The van der Waals surface area contributed by atoms with Gasteiger partial charge in [0.2, 0.25) is 0 Å². The fourth-order valence-electron chi connectivity index (χ4n) is 1.00. The molecule has 0 bridgehead atoms. The molecule has 1 N–H and O–H groups in total. The lowest BCUT2D eigenvalue weighted by Crippen LogP contribution is -2.39. The Labute approximate surface area is 97.9 Å². The van der Waals surface area contributed by atoms with Gasteiger partial charge in [0.25, 0.3) is 5.91 Å². The molecule has 0 unspecified atom stereocenters. The average Bonchev–Trinajstić information content (AvgIpc) is 2.79. The zero-order valence-electron chi connectivity index (χ0n) is 8.93. The largest absolute Gasteiger partial charge is 0.460 e. The molecule has 1 amide bonds. The minimum absolute atomic E-state index is 0.151. The van der Waals surface area contributed by atoms with Crippen molar-refractivity contribution in [2.45, 2.75) is 13.0 Å². The summed E-state index contributed by atoms with van der Waals surface area (Å²) >= 11 is 1.32. The molecule has 0 aromatic carbocycles. The molecule has 4 nitrogen and oxygen atoms in total. The first kappa shape index (κ1) is 12.4. The third-order valence-electron chi connectivity index (χ3n) is 1.79. The van der Waals surface area contributed by atoms with Gasteiger partial charge in [0, 0.05) is 0 Å². The molecule has 0 aliphatic carbocycles. The summed E-state index contributed by atoms with van der Waals surface area (Å²) in [5.41, 5.74) is 0. The van der Waals surface area contributed by atoms with Crippen LogP contribution in [0, 0.1) is 0 Å². The second kappa shape index (κ2) is 6.07. The summed E-state index contributed by atoms with van der Waals surface area (Å²) < 4.78 is 4.80. The van der Waals surface area contributed by atoms with Gasteiger partial charge in [-0.2, -0.15) is 0 Å². The topological polar surface area (TPSA) is 55.4 Å². The molecule has 0 saturated heterocycles. The quantitative estimate of drug-likeness (QED) is 0.627. The highest BCUT2D eigenvalue weighted by atomic mass is 32.1. The molecule has 86 valence electrons. The van der Waals surface area contributed by atoms with E-state index in [-0.39, 0.29) is 12.5 Å². The molecule has 1 heterocycles. The van der Waals surface area contributed by atoms with Crippen LogP contribution in [0.25, 0.3) is 0 Å². The Balaban J connectivity index is 2.45. The Morgan fingerprint density at radius 2 is 2.44 bits per heavy atom. The maximum atomic E-state index is 11.6. The van der Waals surface area contributed by atoms with Crippen molar-refractivity contribution in [3.8, 4) is 0 Å². The molecule has 1 aromatic rings. The first-order chi connectivity index (χ1) is 7.65. The lowest BCUT2D eigenvalue weighted by atomic mass is 10.3. The summed E-state index contributed by atoms with van der Waals surface area (Å²) in [4.78, 5) is 23.5. The molecule has 0 aliphatic heterocycles. The van der Waals surface area contributed by atoms with Crippen LogP contribution in [0.5, 0.6) is 0 Å². The van der Waals surface area contributed by atoms with Crippen LogP contribution in [0.4, 0.5) is 0 Å². The number of esters is 1. The van der Waals surface area contributed by atoms with Gasteiger partial charge in [-0.25, -0.2) is 4.79 Å². The van der Waals surface area contributed by atoms with Crippen LogP contribution in [-0.2, 0) is 9.53 Å². The highest BCUT2D eigenvalue weighted by molar-refractivity contribution is 7.12. The molecule has 1 atom stereocenters. The number of rotatable bonds is 5. The molecular formula is C11H13NO3S. The average molecular weight is 239 g/mol. The van der Waals surface area contributed by atoms with Gasteiger partial charge < -0.3 is 10.1 Å². The van der Waals surface area contributed by atoms with E-state index in [1.165, 1.54) is 17.4 Å². The number of carbonyl (C=O) groups excluding carboxylic acids is 2. The van der Waals surface area contributed by atoms with Gasteiger partial charge in [0.05, 0.1) is 4.88 Å². The molecule has 0 fully saturated rings. The number of thiophene rings is 1. The van der Waals surface area contributed by atoms with Crippen LogP contribution < -0.4 is 5.32 Å². The minimum Gasteiger partial charge on any atom is -0.460 e. The fourth-order valence-corrected chi connectivity index (χ4v) is 1.63. The van der Waals surface area contributed by atoms with Crippen molar-refractivity contribution >= 4 is 23.2 Å². The summed E-state index contributed by atoms with van der Waals surface area (Å²) in [5.74, 6) is -0.733. The van der Waals surface area contributed by atoms with E-state index < -0.39 is 12.0 Å². The summed E-state index contributed by atoms with van der Waals surface area (Å²) in [7, 11) is 0. The van der Waals surface area contributed by atoms with Gasteiger partial charge in [-0.3, -0.25) is 4.79 Å². The van der Waals surface area contributed by atoms with Crippen molar-refractivity contribution in [3.05, 3.63) is 35.0 Å². The van der Waals surface area contributed by atoms with Crippen LogP contribution in [0.3, 0.4) is 0 Å². The Morgan fingerprint density at radius 3 is 3.00 bits per heavy atom. The lowest BCUT2D eigenvalue weighted by Gasteiger charge is -2.11. The molecule has 16 heavy (non-hydrogen) atoms. The Bertz CT molecular complexity index is 373. The van der Waals surface area contributed by atoms with E-state index in [1.54, 1.807) is 24.4 Å². The van der Waals surface area contributed by atoms with Gasteiger partial charge in [-0.15, -0.1) is 11.3 Å². The standard InChI is InChI=1S/C11H13NO3S/c1-3-6-15-11(14)8(2)12-10(13)9-5-4-7-16-9/h3-5,7-8H,1,6H2,2H3,(H,12,13)/t8-/m1/s1. The molecule has 0 aliphatic rings. The van der Waals surface area contributed by atoms with Gasteiger partial charge in [0.1, 0.15) is 12.6 Å². The highest BCUT2D eigenvalue weighted by Crippen LogP contribution is 2.08. The van der Waals surface area contributed by atoms with E-state index in [0.29, 0.717) is 4.88 Å². The van der Waals surface area contributed by atoms with Crippen LogP contribution in [-0.4, -0.2) is 24.5 Å². The summed E-state index contributed by atoms with van der Waals surface area (Å²) in [6.07, 6.45) is 1.48. The van der Waals surface area contributed by atoms with Crippen LogP contribution in [0.1, 0.15) is 16.6 Å². The summed E-state index contributed by atoms with van der Waals surface area (Å²) in [5, 5.41) is 4.35. The van der Waals surface area contributed by atoms with E-state index in [1.807, 2.05) is 0 Å². The van der Waals surface area contributed by atoms with Crippen molar-refractivity contribution in [3.63, 3.8) is 0 Å². The van der Waals surface area contributed by atoms with E-state index in [4.69, 9.17) is 4.74 Å². The first-order valence-electron chi connectivity index (χ1n) is 4.77. The van der Waals surface area contributed by atoms with Crippen LogP contribution in [0.2, 0.25) is 0 Å². The molecule has 0 spiro atoms. The smallest absolute Gasteiger partial charge is 0.328 e. The zero-order valence-corrected chi connectivity index (χ0v) is 9.75. The summed E-state index contributed by atoms with van der Waals surface area (Å²) in [6, 6.07) is 2.82. The predicted octanol–water partition coefficient (Wildman–Crippen LogP) is 1.60. The summed E-state index contributed by atoms with van der Waals surface area (Å²) in [6.45, 7) is 5.16. The number of amides is 1. The van der Waals surface area contributed by atoms with Crippen LogP contribution >= 0.6 is 11.3 Å². The van der Waals surface area contributed by atoms with Crippen molar-refractivity contribution in [1.29, 1.82) is 0 Å². The van der Waals surface area contributed by atoms with E-state index in [9.17, 15) is 9.59 Å². The maximum Gasteiger partial charge on any atom is 0.328 e. The molecule has 1 aromatic heterocycles. The van der Waals surface area contributed by atoms with Crippen molar-refractivity contribution in [2.75, 3.05) is 6.61 Å². The van der Waals surface area contributed by atoms with E-state index in [0.717, 1.165) is 0 Å². The fraction of sp³-hybridized carbons (Fsp3) is 0.273. The Morgan fingerprint density at radius 1 is 1.69 bits per heavy atom. The van der Waals surface area contributed by atoms with Gasteiger partial charge in [0.15, 0.2) is 0 Å². The predicted molar refractivity (Wildman–Crippen MR) is 62.4 cm³/mol. The minimum atomic E-state index is -0.658. The van der Waals surface area contributed by atoms with Gasteiger partial charge in [-0.1, -0.05) is 18.7 Å². The monoisotopic (exact) mass is 239 g/mol. The van der Waals surface area contributed by atoms with Crippen molar-refractivity contribution in [2.24, 2.45) is 0 Å². The highest BCUT2D eigenvalue weighted by Gasteiger charge is 2.17. The number of ether oxygens (including phenoxy) is 1. The van der Waals surface area contributed by atoms with E-state index >= 15 is 0 Å². The molecular weight excluding hydrogens is 226 g/mol. The number of hydrogen-bond acceptors (Lipinski definition) is 4. The normalized spacial score (nSPS) is 11.6. The second-order valence-corrected chi connectivity index (χ2v) is 4.04. The Kier molecular flexibility index (Phi) is 4.72. The molecule has 5 heteroatoms. The second-order valence-electron chi connectivity index (χ2n) is 3.09. The number of nitrogens with one attached hydrogen (secondary N) is 1. The SMILES string of the molecule is C=CCOC(=O)[C@@H](C)NC(=O)c1cccs1. The third kappa shape index (κ3) is 3.51. The lowest BCUT2D eigenvalue weighted by molar-refractivity contribution is -0.144. The van der Waals surface area contributed by atoms with Gasteiger partial charge in [-0.05, 0) is 18.4 Å². The molecule has 0 radical (unpaired) electrons.